The number of esters is 1. The Kier molecular flexibility index (Phi) is 6.46. The summed E-state index contributed by atoms with van der Waals surface area (Å²) in [6, 6.07) is 9.38. The summed E-state index contributed by atoms with van der Waals surface area (Å²) >= 11 is 1.33. The van der Waals surface area contributed by atoms with Gasteiger partial charge in [0.1, 0.15) is 5.01 Å². The number of rotatable bonds is 6. The van der Waals surface area contributed by atoms with E-state index in [-0.39, 0.29) is 12.1 Å². The number of benzene rings is 1. The maximum absolute atomic E-state index is 12.6. The summed E-state index contributed by atoms with van der Waals surface area (Å²) in [5, 5.41) is 4.78. The molecule has 0 spiro atoms. The monoisotopic (exact) mass is 435 g/mol. The van der Waals surface area contributed by atoms with Crippen molar-refractivity contribution in [2.45, 2.75) is 25.6 Å². The van der Waals surface area contributed by atoms with Crippen molar-refractivity contribution in [1.29, 1.82) is 0 Å². The first-order valence-electron chi connectivity index (χ1n) is 8.76. The first-order chi connectivity index (χ1) is 14.2. The molecule has 1 N–H and O–H groups in total. The van der Waals surface area contributed by atoms with E-state index in [4.69, 9.17) is 4.74 Å². The molecule has 0 aliphatic rings. The molecule has 1 unspecified atom stereocenters. The highest BCUT2D eigenvalue weighted by Crippen LogP contribution is 2.29. The normalized spacial score (nSPS) is 12.3. The fraction of sp³-hybridized carbons (Fsp3) is 0.200. The van der Waals surface area contributed by atoms with Crippen LogP contribution in [0.2, 0.25) is 0 Å². The van der Waals surface area contributed by atoms with Crippen molar-refractivity contribution in [2.75, 3.05) is 5.32 Å². The number of hydrogen-bond donors (Lipinski definition) is 1. The number of nitrogens with zero attached hydrogens (tertiary/aromatic N) is 2. The first kappa shape index (κ1) is 21.4. The molecule has 6 nitrogen and oxygen atoms in total. The lowest BCUT2D eigenvalue weighted by Gasteiger charge is -2.14. The molecule has 2 heterocycles. The SMILES string of the molecule is CC(OC(=O)Cc1csc(-c2ccccn2)n1)C(=O)Nc1ccc(C(F)(F)F)cc1. The van der Waals surface area contributed by atoms with Crippen LogP contribution in [-0.2, 0) is 26.9 Å². The molecule has 0 bridgehead atoms. The molecular weight excluding hydrogens is 419 g/mol. The third-order valence-electron chi connectivity index (χ3n) is 3.92. The quantitative estimate of drug-likeness (QED) is 0.583. The van der Waals surface area contributed by atoms with E-state index in [0.717, 1.165) is 24.3 Å². The molecule has 1 aromatic carbocycles. The van der Waals surface area contributed by atoms with Crippen molar-refractivity contribution >= 4 is 28.9 Å². The molecule has 0 radical (unpaired) electrons. The summed E-state index contributed by atoms with van der Waals surface area (Å²) in [4.78, 5) is 32.8. The summed E-state index contributed by atoms with van der Waals surface area (Å²) in [7, 11) is 0. The standard InChI is InChI=1S/C20H16F3N3O3S/c1-12(18(28)25-14-7-5-13(6-8-14)20(21,22)23)29-17(27)10-15-11-30-19(26-15)16-4-2-3-9-24-16/h2-9,11-12H,10H2,1H3,(H,25,28). The number of nitrogens with one attached hydrogen (secondary N) is 1. The molecule has 30 heavy (non-hydrogen) atoms. The number of thiazole rings is 1. The topological polar surface area (TPSA) is 81.2 Å². The Morgan fingerprint density at radius 3 is 2.53 bits per heavy atom. The molecular formula is C20H16F3N3O3S. The van der Waals surface area contributed by atoms with Gasteiger partial charge in [-0.1, -0.05) is 6.07 Å². The van der Waals surface area contributed by atoms with Gasteiger partial charge in [-0.3, -0.25) is 14.6 Å². The van der Waals surface area contributed by atoms with E-state index in [1.807, 2.05) is 6.07 Å². The van der Waals surface area contributed by atoms with Crippen molar-refractivity contribution in [3.05, 3.63) is 65.3 Å². The van der Waals surface area contributed by atoms with Crippen LogP contribution >= 0.6 is 11.3 Å². The smallest absolute Gasteiger partial charge is 0.416 e. The number of amides is 1. The van der Waals surface area contributed by atoms with Crippen molar-refractivity contribution in [1.82, 2.24) is 9.97 Å². The zero-order valence-corrected chi connectivity index (χ0v) is 16.5. The minimum Gasteiger partial charge on any atom is -0.452 e. The molecule has 3 aromatic rings. The average molecular weight is 435 g/mol. The van der Waals surface area contributed by atoms with E-state index in [1.165, 1.54) is 18.3 Å². The van der Waals surface area contributed by atoms with Crippen molar-refractivity contribution in [2.24, 2.45) is 0 Å². The van der Waals surface area contributed by atoms with Crippen molar-refractivity contribution in [3.8, 4) is 10.7 Å². The highest BCUT2D eigenvalue weighted by molar-refractivity contribution is 7.13. The van der Waals surface area contributed by atoms with Crippen LogP contribution in [0.4, 0.5) is 18.9 Å². The first-order valence-corrected chi connectivity index (χ1v) is 9.64. The van der Waals surface area contributed by atoms with Gasteiger partial charge >= 0.3 is 12.1 Å². The predicted molar refractivity (Wildman–Crippen MR) is 105 cm³/mol. The van der Waals surface area contributed by atoms with Gasteiger partial charge in [0.15, 0.2) is 6.10 Å². The van der Waals surface area contributed by atoms with Gasteiger partial charge in [0.05, 0.1) is 23.4 Å². The van der Waals surface area contributed by atoms with Gasteiger partial charge in [0.2, 0.25) is 0 Å². The lowest BCUT2D eigenvalue weighted by Crippen LogP contribution is -2.30. The number of carbonyl (C=O) groups is 2. The molecule has 0 saturated carbocycles. The van der Waals surface area contributed by atoms with E-state index in [9.17, 15) is 22.8 Å². The molecule has 1 amide bonds. The van der Waals surface area contributed by atoms with Gasteiger partial charge in [-0.2, -0.15) is 13.2 Å². The van der Waals surface area contributed by atoms with E-state index >= 15 is 0 Å². The summed E-state index contributed by atoms with van der Waals surface area (Å²) in [5.74, 6) is -1.31. The summed E-state index contributed by atoms with van der Waals surface area (Å²) in [6.45, 7) is 1.37. The van der Waals surface area contributed by atoms with Crippen molar-refractivity contribution < 1.29 is 27.5 Å². The van der Waals surface area contributed by atoms with Gasteiger partial charge in [-0.25, -0.2) is 4.98 Å². The molecule has 0 fully saturated rings. The molecule has 1 atom stereocenters. The van der Waals surface area contributed by atoms with Gasteiger partial charge in [0.25, 0.3) is 5.91 Å². The average Bonchev–Trinajstić information content (AvgIpc) is 3.16. The molecule has 3 rings (SSSR count). The van der Waals surface area contributed by atoms with Crippen LogP contribution in [0.25, 0.3) is 10.7 Å². The Labute approximate surface area is 173 Å². The molecule has 10 heteroatoms. The number of carbonyl (C=O) groups excluding carboxylic acids is 2. The maximum atomic E-state index is 12.6. The number of aromatic nitrogens is 2. The lowest BCUT2D eigenvalue weighted by atomic mass is 10.2. The van der Waals surface area contributed by atoms with Gasteiger partial charge in [-0.15, -0.1) is 11.3 Å². The second kappa shape index (κ2) is 9.04. The van der Waals surface area contributed by atoms with Gasteiger partial charge in [-0.05, 0) is 43.3 Å². The van der Waals surface area contributed by atoms with E-state index in [1.54, 1.807) is 23.7 Å². The zero-order chi connectivity index (χ0) is 21.7. The van der Waals surface area contributed by atoms with Crippen LogP contribution in [-0.4, -0.2) is 27.9 Å². The molecule has 2 aromatic heterocycles. The second-order valence-corrected chi connectivity index (χ2v) is 7.09. The molecule has 0 aliphatic carbocycles. The fourth-order valence-corrected chi connectivity index (χ4v) is 3.22. The number of ether oxygens (including phenoxy) is 1. The van der Waals surface area contributed by atoms with Crippen LogP contribution in [0.3, 0.4) is 0 Å². The number of pyridine rings is 1. The second-order valence-electron chi connectivity index (χ2n) is 6.23. The van der Waals surface area contributed by atoms with Crippen LogP contribution in [0, 0.1) is 0 Å². The van der Waals surface area contributed by atoms with Crippen LogP contribution in [0.1, 0.15) is 18.2 Å². The Morgan fingerprint density at radius 1 is 1.17 bits per heavy atom. The summed E-state index contributed by atoms with van der Waals surface area (Å²) in [6.07, 6.45) is -4.07. The molecule has 156 valence electrons. The highest BCUT2D eigenvalue weighted by atomic mass is 32.1. The number of halogens is 3. The van der Waals surface area contributed by atoms with E-state index in [0.29, 0.717) is 16.4 Å². The molecule has 0 aliphatic heterocycles. The van der Waals surface area contributed by atoms with Crippen LogP contribution in [0.5, 0.6) is 0 Å². The van der Waals surface area contributed by atoms with Crippen LogP contribution in [0.15, 0.2) is 54.0 Å². The number of hydrogen-bond acceptors (Lipinski definition) is 6. The van der Waals surface area contributed by atoms with E-state index < -0.39 is 29.7 Å². The minimum atomic E-state index is -4.46. The third-order valence-corrected chi connectivity index (χ3v) is 4.83. The Bertz CT molecular complexity index is 1020. The summed E-state index contributed by atoms with van der Waals surface area (Å²) in [5.41, 5.74) is 0.510. The Balaban J connectivity index is 1.53. The number of anilines is 1. The van der Waals surface area contributed by atoms with Gasteiger partial charge < -0.3 is 10.1 Å². The highest BCUT2D eigenvalue weighted by Gasteiger charge is 2.30. The largest absolute Gasteiger partial charge is 0.452 e. The van der Waals surface area contributed by atoms with Gasteiger partial charge in [0, 0.05) is 17.3 Å². The Hall–Kier alpha value is -3.27. The number of alkyl halides is 3. The summed E-state index contributed by atoms with van der Waals surface area (Å²) < 4.78 is 42.8. The van der Waals surface area contributed by atoms with Crippen LogP contribution < -0.4 is 5.32 Å². The van der Waals surface area contributed by atoms with E-state index in [2.05, 4.69) is 15.3 Å². The fourth-order valence-electron chi connectivity index (χ4n) is 2.42. The zero-order valence-electron chi connectivity index (χ0n) is 15.6. The predicted octanol–water partition coefficient (Wildman–Crippen LogP) is 4.34. The lowest BCUT2D eigenvalue weighted by molar-refractivity contribution is -0.152. The third kappa shape index (κ3) is 5.63. The minimum absolute atomic E-state index is 0.124. The van der Waals surface area contributed by atoms with Crippen molar-refractivity contribution in [3.63, 3.8) is 0 Å². The Morgan fingerprint density at radius 2 is 1.90 bits per heavy atom. The molecule has 0 saturated heterocycles. The maximum Gasteiger partial charge on any atom is 0.416 e.